The van der Waals surface area contributed by atoms with Crippen LogP contribution in [0.5, 0.6) is 0 Å². The average Bonchev–Trinajstić information content (AvgIpc) is 2.96. The van der Waals surface area contributed by atoms with Gasteiger partial charge in [0.25, 0.3) is 0 Å². The monoisotopic (exact) mass is 459 g/mol. The summed E-state index contributed by atoms with van der Waals surface area (Å²) in [4.78, 5) is 14.7. The quantitative estimate of drug-likeness (QED) is 0.267. The average molecular weight is 460 g/mol. The van der Waals surface area contributed by atoms with Gasteiger partial charge in [-0.25, -0.2) is 9.97 Å². The van der Waals surface area contributed by atoms with Crippen LogP contribution in [-0.4, -0.2) is 15.0 Å². The highest BCUT2D eigenvalue weighted by atomic mass is 14.9. The van der Waals surface area contributed by atoms with Gasteiger partial charge in [-0.3, -0.25) is 4.98 Å². The van der Waals surface area contributed by atoms with E-state index in [9.17, 15) is 0 Å². The second kappa shape index (κ2) is 8.40. The molecule has 0 aliphatic heterocycles. The molecule has 36 heavy (non-hydrogen) atoms. The van der Waals surface area contributed by atoms with Crippen LogP contribution in [0.2, 0.25) is 0 Å². The third kappa shape index (κ3) is 3.50. The van der Waals surface area contributed by atoms with E-state index >= 15 is 0 Å². The summed E-state index contributed by atoms with van der Waals surface area (Å²) >= 11 is 0. The fourth-order valence-corrected chi connectivity index (χ4v) is 4.90. The first-order valence-electron chi connectivity index (χ1n) is 12.0. The minimum Gasteiger partial charge on any atom is -0.256 e. The summed E-state index contributed by atoms with van der Waals surface area (Å²) in [6, 6.07) is 42.0. The SMILES string of the molecule is c1ccc(-c2ccc3cc(-c4nc(-c5cccc6cccnc56)c5ccccc5n4)ccc3c2)cc1. The summed E-state index contributed by atoms with van der Waals surface area (Å²) in [5.74, 6) is 0.714. The van der Waals surface area contributed by atoms with Crippen molar-refractivity contribution in [3.05, 3.63) is 128 Å². The highest BCUT2D eigenvalue weighted by Gasteiger charge is 2.14. The molecule has 3 heteroatoms. The molecule has 0 aliphatic rings. The maximum Gasteiger partial charge on any atom is 0.160 e. The smallest absolute Gasteiger partial charge is 0.160 e. The van der Waals surface area contributed by atoms with Gasteiger partial charge in [0.15, 0.2) is 5.82 Å². The highest BCUT2D eigenvalue weighted by molar-refractivity contribution is 6.02. The van der Waals surface area contributed by atoms with Crippen LogP contribution >= 0.6 is 0 Å². The van der Waals surface area contributed by atoms with E-state index in [2.05, 4.69) is 102 Å². The van der Waals surface area contributed by atoms with Crippen molar-refractivity contribution >= 4 is 32.6 Å². The molecule has 0 amide bonds. The number of para-hydroxylation sites is 2. The van der Waals surface area contributed by atoms with Gasteiger partial charge in [-0.2, -0.15) is 0 Å². The normalized spacial score (nSPS) is 11.3. The van der Waals surface area contributed by atoms with Gasteiger partial charge in [0.1, 0.15) is 0 Å². The van der Waals surface area contributed by atoms with Crippen molar-refractivity contribution in [2.45, 2.75) is 0 Å². The molecule has 0 unspecified atom stereocenters. The van der Waals surface area contributed by atoms with Gasteiger partial charge in [-0.15, -0.1) is 0 Å². The molecule has 3 nitrogen and oxygen atoms in total. The zero-order valence-electron chi connectivity index (χ0n) is 19.5. The molecule has 2 aromatic heterocycles. The van der Waals surface area contributed by atoms with Crippen molar-refractivity contribution in [1.29, 1.82) is 0 Å². The zero-order valence-corrected chi connectivity index (χ0v) is 19.5. The lowest BCUT2D eigenvalue weighted by Gasteiger charge is -2.12. The largest absolute Gasteiger partial charge is 0.256 e. The molecule has 0 radical (unpaired) electrons. The Morgan fingerprint density at radius 3 is 2.11 bits per heavy atom. The molecule has 7 rings (SSSR count). The van der Waals surface area contributed by atoms with Gasteiger partial charge < -0.3 is 0 Å². The number of aromatic nitrogens is 3. The maximum absolute atomic E-state index is 5.11. The van der Waals surface area contributed by atoms with Crippen molar-refractivity contribution in [2.24, 2.45) is 0 Å². The van der Waals surface area contributed by atoms with Crippen molar-refractivity contribution < 1.29 is 0 Å². The first-order chi connectivity index (χ1) is 17.8. The van der Waals surface area contributed by atoms with Crippen molar-refractivity contribution in [1.82, 2.24) is 15.0 Å². The van der Waals surface area contributed by atoms with E-state index in [0.717, 1.165) is 44.0 Å². The fraction of sp³-hybridized carbons (Fsp3) is 0. The second-order valence-electron chi connectivity index (χ2n) is 8.94. The van der Waals surface area contributed by atoms with E-state index in [1.807, 2.05) is 30.5 Å². The van der Waals surface area contributed by atoms with Crippen LogP contribution in [0.3, 0.4) is 0 Å². The van der Waals surface area contributed by atoms with Gasteiger partial charge >= 0.3 is 0 Å². The molecule has 5 aromatic carbocycles. The van der Waals surface area contributed by atoms with E-state index in [0.29, 0.717) is 5.82 Å². The number of rotatable bonds is 3. The molecule has 0 atom stereocenters. The molecule has 0 saturated heterocycles. The maximum atomic E-state index is 5.11. The predicted octanol–water partition coefficient (Wildman–Crippen LogP) is 8.33. The van der Waals surface area contributed by atoms with Gasteiger partial charge in [0, 0.05) is 28.1 Å². The van der Waals surface area contributed by atoms with E-state index in [1.54, 1.807) is 0 Å². The van der Waals surface area contributed by atoms with Crippen LogP contribution in [0.4, 0.5) is 0 Å². The number of nitrogens with zero attached hydrogens (tertiary/aromatic N) is 3. The molecular weight excluding hydrogens is 438 g/mol. The lowest BCUT2D eigenvalue weighted by Crippen LogP contribution is -1.96. The van der Waals surface area contributed by atoms with Crippen LogP contribution in [0.1, 0.15) is 0 Å². The number of hydrogen-bond donors (Lipinski definition) is 0. The van der Waals surface area contributed by atoms with Crippen LogP contribution in [0.15, 0.2) is 128 Å². The molecule has 7 aromatic rings. The molecule has 0 saturated carbocycles. The molecule has 2 heterocycles. The Labute approximate surface area is 208 Å². The van der Waals surface area contributed by atoms with E-state index in [4.69, 9.17) is 9.97 Å². The fourth-order valence-electron chi connectivity index (χ4n) is 4.90. The van der Waals surface area contributed by atoms with Gasteiger partial charge in [-0.05, 0) is 46.2 Å². The number of fused-ring (bicyclic) bond motifs is 3. The Morgan fingerprint density at radius 1 is 0.472 bits per heavy atom. The van der Waals surface area contributed by atoms with Gasteiger partial charge in [0.05, 0.1) is 16.7 Å². The Balaban J connectivity index is 1.40. The summed E-state index contributed by atoms with van der Waals surface area (Å²) in [5, 5.41) is 4.48. The zero-order chi connectivity index (χ0) is 23.9. The van der Waals surface area contributed by atoms with Crippen LogP contribution in [-0.2, 0) is 0 Å². The van der Waals surface area contributed by atoms with E-state index in [-0.39, 0.29) is 0 Å². The molecule has 0 bridgehead atoms. The molecular formula is C33H21N3. The molecule has 0 aliphatic carbocycles. The predicted molar refractivity (Wildman–Crippen MR) is 149 cm³/mol. The second-order valence-corrected chi connectivity index (χ2v) is 8.94. The minimum absolute atomic E-state index is 0.714. The topological polar surface area (TPSA) is 38.7 Å². The molecule has 0 N–H and O–H groups in total. The Bertz CT molecular complexity index is 1890. The third-order valence-electron chi connectivity index (χ3n) is 6.70. The molecule has 0 spiro atoms. The van der Waals surface area contributed by atoms with Gasteiger partial charge in [0.2, 0.25) is 0 Å². The Kier molecular flexibility index (Phi) is 4.78. The number of hydrogen-bond acceptors (Lipinski definition) is 3. The van der Waals surface area contributed by atoms with Crippen molar-refractivity contribution in [3.8, 4) is 33.8 Å². The standard InChI is InChI=1S/C33H21N3/c1-2-8-22(9-3-1)24-15-16-26-21-27(18-17-25(26)20-24)33-35-30-14-5-4-12-28(30)32(36-33)29-13-6-10-23-11-7-19-34-31(23)29/h1-21H. The summed E-state index contributed by atoms with van der Waals surface area (Å²) in [6.45, 7) is 0. The minimum atomic E-state index is 0.714. The number of benzene rings is 5. The lowest BCUT2D eigenvalue weighted by atomic mass is 9.99. The van der Waals surface area contributed by atoms with Gasteiger partial charge in [-0.1, -0.05) is 97.1 Å². The van der Waals surface area contributed by atoms with Crippen LogP contribution in [0, 0.1) is 0 Å². The third-order valence-corrected chi connectivity index (χ3v) is 6.70. The molecule has 168 valence electrons. The lowest BCUT2D eigenvalue weighted by molar-refractivity contribution is 1.23. The van der Waals surface area contributed by atoms with Crippen LogP contribution in [0.25, 0.3) is 66.4 Å². The Morgan fingerprint density at radius 2 is 1.22 bits per heavy atom. The summed E-state index contributed by atoms with van der Waals surface area (Å²) in [6.07, 6.45) is 1.84. The summed E-state index contributed by atoms with van der Waals surface area (Å²) < 4.78 is 0. The Hall–Kier alpha value is -4.89. The van der Waals surface area contributed by atoms with E-state index in [1.165, 1.54) is 16.5 Å². The number of pyridine rings is 1. The molecule has 0 fully saturated rings. The van der Waals surface area contributed by atoms with Crippen molar-refractivity contribution in [2.75, 3.05) is 0 Å². The van der Waals surface area contributed by atoms with Crippen molar-refractivity contribution in [3.63, 3.8) is 0 Å². The first kappa shape index (κ1) is 20.5. The van der Waals surface area contributed by atoms with E-state index < -0.39 is 0 Å². The summed E-state index contributed by atoms with van der Waals surface area (Å²) in [5.41, 5.74) is 7.21. The van der Waals surface area contributed by atoms with Crippen LogP contribution < -0.4 is 0 Å². The summed E-state index contributed by atoms with van der Waals surface area (Å²) in [7, 11) is 0. The highest BCUT2D eigenvalue weighted by Crippen LogP contribution is 2.34. The first-order valence-corrected chi connectivity index (χ1v) is 12.0.